The molecule has 0 heterocycles. The molecule has 0 aliphatic rings. The average molecular weight is 316 g/mol. The van der Waals surface area contributed by atoms with Crippen LogP contribution in [0.25, 0.3) is 0 Å². The van der Waals surface area contributed by atoms with E-state index in [4.69, 9.17) is 5.73 Å². The lowest BCUT2D eigenvalue weighted by molar-refractivity contribution is 1.42. The van der Waals surface area contributed by atoms with Crippen molar-refractivity contribution < 1.29 is 0 Å². The van der Waals surface area contributed by atoms with E-state index in [-0.39, 0.29) is 0 Å². The Kier molecular flexibility index (Phi) is 4.47. The first kappa shape index (κ1) is 13.5. The molecule has 0 spiro atoms. The quantitative estimate of drug-likeness (QED) is 0.663. The first-order valence-corrected chi connectivity index (χ1v) is 6.65. The molecule has 0 unspecified atom stereocenters. The van der Waals surface area contributed by atoms with E-state index in [2.05, 4.69) is 25.9 Å². The lowest BCUT2D eigenvalue weighted by atomic mass is 10.2. The summed E-state index contributed by atoms with van der Waals surface area (Å²) in [7, 11) is 0. The smallest absolute Gasteiger partial charge is 0.161 e. The molecule has 0 atom stereocenters. The van der Waals surface area contributed by atoms with E-state index in [9.17, 15) is 0 Å². The van der Waals surface area contributed by atoms with Crippen molar-refractivity contribution >= 4 is 33.3 Å². The van der Waals surface area contributed by atoms with Crippen LogP contribution in [0.2, 0.25) is 0 Å². The molecule has 0 saturated carbocycles. The summed E-state index contributed by atoms with van der Waals surface area (Å²) in [6, 6.07) is 17.5. The van der Waals surface area contributed by atoms with Gasteiger partial charge in [-0.05, 0) is 25.1 Å². The predicted octanol–water partition coefficient (Wildman–Crippen LogP) is 3.90. The van der Waals surface area contributed by atoms with Gasteiger partial charge in [0.15, 0.2) is 5.84 Å². The lowest BCUT2D eigenvalue weighted by Gasteiger charge is -2.03. The summed E-state index contributed by atoms with van der Waals surface area (Å²) in [6.07, 6.45) is 0. The maximum absolute atomic E-state index is 5.67. The van der Waals surface area contributed by atoms with E-state index in [0.717, 1.165) is 15.7 Å². The van der Waals surface area contributed by atoms with Gasteiger partial charge in [0.1, 0.15) is 0 Å². The Morgan fingerprint density at radius 1 is 1.05 bits per heavy atom. The Bertz CT molecular complexity index is 614. The van der Waals surface area contributed by atoms with Gasteiger partial charge in [-0.15, -0.1) is 0 Å². The van der Waals surface area contributed by atoms with Crippen molar-refractivity contribution in [3.05, 3.63) is 64.6 Å². The third-order valence-electron chi connectivity index (χ3n) is 2.36. The van der Waals surface area contributed by atoms with Crippen molar-refractivity contribution in [3.63, 3.8) is 0 Å². The van der Waals surface area contributed by atoms with E-state index in [1.807, 2.05) is 54.6 Å². The Morgan fingerprint density at radius 3 is 2.42 bits per heavy atom. The van der Waals surface area contributed by atoms with Crippen LogP contribution in [0, 0.1) is 0 Å². The van der Waals surface area contributed by atoms with Gasteiger partial charge in [0.2, 0.25) is 0 Å². The number of amidine groups is 2. The first-order chi connectivity index (χ1) is 9.15. The van der Waals surface area contributed by atoms with Crippen molar-refractivity contribution in [2.24, 2.45) is 15.7 Å². The molecule has 2 aromatic carbocycles. The molecule has 0 amide bonds. The fourth-order valence-electron chi connectivity index (χ4n) is 1.58. The van der Waals surface area contributed by atoms with E-state index in [1.54, 1.807) is 6.92 Å². The largest absolute Gasteiger partial charge is 0.387 e. The van der Waals surface area contributed by atoms with Crippen LogP contribution in [0.15, 0.2) is 69.1 Å². The molecule has 0 radical (unpaired) electrons. The van der Waals surface area contributed by atoms with Gasteiger partial charge < -0.3 is 5.73 Å². The zero-order valence-electron chi connectivity index (χ0n) is 10.5. The number of hydrogen-bond acceptors (Lipinski definition) is 1. The second kappa shape index (κ2) is 6.29. The van der Waals surface area contributed by atoms with E-state index in [0.29, 0.717) is 11.7 Å². The zero-order valence-corrected chi connectivity index (χ0v) is 12.1. The maximum Gasteiger partial charge on any atom is 0.161 e. The fraction of sp³-hybridized carbons (Fsp3) is 0.0667. The molecule has 3 nitrogen and oxygen atoms in total. The van der Waals surface area contributed by atoms with Crippen LogP contribution < -0.4 is 5.73 Å². The molecule has 2 rings (SSSR count). The van der Waals surface area contributed by atoms with Crippen LogP contribution in [0.1, 0.15) is 12.5 Å². The maximum atomic E-state index is 5.67. The monoisotopic (exact) mass is 315 g/mol. The molecule has 0 bridgehead atoms. The standard InChI is InChI=1S/C15H14BrN3/c1-11(17)18-15(12-6-3-2-4-7-12)19-14-9-5-8-13(16)10-14/h2-10H,1H3,(H2,17,18,19). The van der Waals surface area contributed by atoms with Gasteiger partial charge in [0.25, 0.3) is 0 Å². The molecule has 96 valence electrons. The van der Waals surface area contributed by atoms with Gasteiger partial charge in [-0.1, -0.05) is 52.3 Å². The molecule has 0 aliphatic carbocycles. The van der Waals surface area contributed by atoms with Crippen molar-refractivity contribution in [2.75, 3.05) is 0 Å². The van der Waals surface area contributed by atoms with Gasteiger partial charge in [0, 0.05) is 10.0 Å². The SMILES string of the molecule is CC(N)=NC(=Nc1cccc(Br)c1)c1ccccc1. The molecule has 2 aromatic rings. The van der Waals surface area contributed by atoms with Crippen LogP contribution in [-0.2, 0) is 0 Å². The minimum Gasteiger partial charge on any atom is -0.387 e. The second-order valence-electron chi connectivity index (χ2n) is 4.03. The third-order valence-corrected chi connectivity index (χ3v) is 2.85. The third kappa shape index (κ3) is 4.03. The number of rotatable bonds is 2. The van der Waals surface area contributed by atoms with Gasteiger partial charge >= 0.3 is 0 Å². The van der Waals surface area contributed by atoms with Crippen molar-refractivity contribution in [1.82, 2.24) is 0 Å². The molecule has 19 heavy (non-hydrogen) atoms. The fourth-order valence-corrected chi connectivity index (χ4v) is 1.96. The van der Waals surface area contributed by atoms with E-state index >= 15 is 0 Å². The van der Waals surface area contributed by atoms with Crippen molar-refractivity contribution in [1.29, 1.82) is 0 Å². The average Bonchev–Trinajstić information content (AvgIpc) is 2.38. The van der Waals surface area contributed by atoms with E-state index in [1.165, 1.54) is 0 Å². The highest BCUT2D eigenvalue weighted by molar-refractivity contribution is 9.10. The Hall–Kier alpha value is -1.94. The lowest BCUT2D eigenvalue weighted by Crippen LogP contribution is -2.10. The number of nitrogens with two attached hydrogens (primary N) is 1. The number of benzene rings is 2. The summed E-state index contributed by atoms with van der Waals surface area (Å²) < 4.78 is 0.981. The summed E-state index contributed by atoms with van der Waals surface area (Å²) in [5.74, 6) is 1.09. The summed E-state index contributed by atoms with van der Waals surface area (Å²) in [5, 5.41) is 0. The minimum atomic E-state index is 0.484. The number of aliphatic imine (C=N–C) groups is 2. The molecule has 0 aromatic heterocycles. The molecule has 0 saturated heterocycles. The molecular weight excluding hydrogens is 302 g/mol. The minimum absolute atomic E-state index is 0.484. The van der Waals surface area contributed by atoms with Crippen LogP contribution in [-0.4, -0.2) is 11.7 Å². The number of halogens is 1. The van der Waals surface area contributed by atoms with Gasteiger partial charge in [-0.25, -0.2) is 9.98 Å². The summed E-state index contributed by atoms with van der Waals surface area (Å²) in [4.78, 5) is 8.85. The van der Waals surface area contributed by atoms with E-state index < -0.39 is 0 Å². The summed E-state index contributed by atoms with van der Waals surface area (Å²) >= 11 is 3.43. The highest BCUT2D eigenvalue weighted by Crippen LogP contribution is 2.20. The summed E-state index contributed by atoms with van der Waals surface area (Å²) in [5.41, 5.74) is 7.44. The topological polar surface area (TPSA) is 50.7 Å². The van der Waals surface area contributed by atoms with Crippen LogP contribution in [0.4, 0.5) is 5.69 Å². The van der Waals surface area contributed by atoms with Crippen LogP contribution in [0.5, 0.6) is 0 Å². The highest BCUT2D eigenvalue weighted by atomic mass is 79.9. The molecule has 4 heteroatoms. The highest BCUT2D eigenvalue weighted by Gasteiger charge is 2.02. The van der Waals surface area contributed by atoms with Gasteiger partial charge in [-0.3, -0.25) is 0 Å². The molecular formula is C15H14BrN3. The van der Waals surface area contributed by atoms with Crippen LogP contribution >= 0.6 is 15.9 Å². The zero-order chi connectivity index (χ0) is 13.7. The Morgan fingerprint density at radius 2 is 1.79 bits per heavy atom. The van der Waals surface area contributed by atoms with Crippen LogP contribution in [0.3, 0.4) is 0 Å². The number of hydrogen-bond donors (Lipinski definition) is 1. The normalized spacial score (nSPS) is 12.5. The molecule has 2 N–H and O–H groups in total. The number of nitrogens with zero attached hydrogens (tertiary/aromatic N) is 2. The predicted molar refractivity (Wildman–Crippen MR) is 84.1 cm³/mol. The van der Waals surface area contributed by atoms with Gasteiger partial charge in [-0.2, -0.15) is 0 Å². The van der Waals surface area contributed by atoms with Gasteiger partial charge in [0.05, 0.1) is 11.5 Å². The first-order valence-electron chi connectivity index (χ1n) is 5.85. The van der Waals surface area contributed by atoms with Crippen molar-refractivity contribution in [3.8, 4) is 0 Å². The molecule has 0 aliphatic heterocycles. The second-order valence-corrected chi connectivity index (χ2v) is 4.95. The Balaban J connectivity index is 2.47. The Labute approximate surface area is 121 Å². The van der Waals surface area contributed by atoms with Crippen molar-refractivity contribution in [2.45, 2.75) is 6.92 Å². The summed E-state index contributed by atoms with van der Waals surface area (Å²) in [6.45, 7) is 1.75. The molecule has 0 fully saturated rings.